The second-order valence-corrected chi connectivity index (χ2v) is 6.65. The summed E-state index contributed by atoms with van der Waals surface area (Å²) in [5.74, 6) is -3.60. The monoisotopic (exact) mass is 379 g/mol. The number of aliphatic carboxylic acids is 2. The summed E-state index contributed by atoms with van der Waals surface area (Å²) < 4.78 is 0. The molecule has 1 saturated heterocycles. The minimum Gasteiger partial charge on any atom is -0.473 e. The van der Waals surface area contributed by atoms with E-state index in [2.05, 4.69) is 39.8 Å². The van der Waals surface area contributed by atoms with Crippen molar-refractivity contribution in [3.63, 3.8) is 0 Å². The van der Waals surface area contributed by atoms with Gasteiger partial charge in [0.05, 0.1) is 6.54 Å². The van der Waals surface area contributed by atoms with E-state index in [0.717, 1.165) is 6.54 Å². The highest BCUT2D eigenvalue weighted by Crippen LogP contribution is 2.20. The molecule has 1 amide bonds. The molecule has 1 heterocycles. The van der Waals surface area contributed by atoms with Crippen LogP contribution in [-0.4, -0.2) is 53.7 Å². The number of nitrogens with one attached hydrogen (secondary N) is 2. The molecule has 150 valence electrons. The highest BCUT2D eigenvalue weighted by molar-refractivity contribution is 6.27. The fourth-order valence-electron chi connectivity index (χ4n) is 2.67. The van der Waals surface area contributed by atoms with E-state index < -0.39 is 11.9 Å². The van der Waals surface area contributed by atoms with Crippen molar-refractivity contribution in [2.45, 2.75) is 45.7 Å². The molecular formula is C19H29N3O5. The van der Waals surface area contributed by atoms with Crippen molar-refractivity contribution in [3.05, 3.63) is 29.8 Å². The number of benzene rings is 1. The lowest BCUT2D eigenvalue weighted by Crippen LogP contribution is -2.37. The van der Waals surface area contributed by atoms with E-state index in [1.807, 2.05) is 13.8 Å². The van der Waals surface area contributed by atoms with Crippen LogP contribution in [0.25, 0.3) is 0 Å². The van der Waals surface area contributed by atoms with E-state index in [-0.39, 0.29) is 11.9 Å². The van der Waals surface area contributed by atoms with Gasteiger partial charge in [0, 0.05) is 31.4 Å². The Balaban J connectivity index is 0.000000527. The van der Waals surface area contributed by atoms with Crippen LogP contribution in [0.3, 0.4) is 0 Å². The lowest BCUT2D eigenvalue weighted by Gasteiger charge is -2.28. The summed E-state index contributed by atoms with van der Waals surface area (Å²) in [5.41, 5.74) is 2.53. The van der Waals surface area contributed by atoms with Gasteiger partial charge >= 0.3 is 11.9 Å². The topological polar surface area (TPSA) is 119 Å². The van der Waals surface area contributed by atoms with Crippen molar-refractivity contribution in [1.29, 1.82) is 0 Å². The van der Waals surface area contributed by atoms with Crippen molar-refractivity contribution < 1.29 is 24.6 Å². The van der Waals surface area contributed by atoms with Crippen LogP contribution in [0.5, 0.6) is 0 Å². The molecule has 0 radical (unpaired) electrons. The predicted octanol–water partition coefficient (Wildman–Crippen LogP) is 1.45. The Labute approximate surface area is 159 Å². The summed E-state index contributed by atoms with van der Waals surface area (Å²) in [7, 11) is 0. The maximum Gasteiger partial charge on any atom is 0.414 e. The number of carbonyl (C=O) groups excluding carboxylic acids is 1. The second kappa shape index (κ2) is 11.9. The highest BCUT2D eigenvalue weighted by atomic mass is 16.4. The van der Waals surface area contributed by atoms with E-state index >= 15 is 0 Å². The summed E-state index contributed by atoms with van der Waals surface area (Å²) in [4.78, 5) is 32.2. The van der Waals surface area contributed by atoms with Crippen molar-refractivity contribution >= 4 is 23.5 Å². The Bertz CT molecular complexity index is 598. The number of carbonyl (C=O) groups is 3. The summed E-state index contributed by atoms with van der Waals surface area (Å²) in [6, 6.07) is 8.88. The van der Waals surface area contributed by atoms with Gasteiger partial charge in [-0.2, -0.15) is 0 Å². The molecule has 1 aromatic rings. The van der Waals surface area contributed by atoms with E-state index in [4.69, 9.17) is 19.8 Å². The van der Waals surface area contributed by atoms with E-state index in [0.29, 0.717) is 6.54 Å². The first-order chi connectivity index (χ1) is 12.8. The van der Waals surface area contributed by atoms with Crippen LogP contribution < -0.4 is 15.5 Å². The van der Waals surface area contributed by atoms with Crippen LogP contribution >= 0.6 is 0 Å². The number of nitrogens with zero attached hydrogens (tertiary/aromatic N) is 1. The number of hydrogen-bond acceptors (Lipinski definition) is 5. The molecule has 8 nitrogen and oxygen atoms in total. The molecule has 0 aliphatic carbocycles. The molecule has 0 saturated carbocycles. The molecule has 1 aliphatic heterocycles. The van der Waals surface area contributed by atoms with Gasteiger partial charge in [-0.15, -0.1) is 0 Å². The van der Waals surface area contributed by atoms with Crippen LogP contribution in [-0.2, 0) is 20.9 Å². The van der Waals surface area contributed by atoms with Crippen molar-refractivity contribution in [2.24, 2.45) is 0 Å². The third kappa shape index (κ3) is 9.60. The van der Waals surface area contributed by atoms with E-state index in [1.54, 1.807) is 0 Å². The Morgan fingerprint density at radius 3 is 2.04 bits per heavy atom. The normalized spacial score (nSPS) is 13.5. The molecule has 1 aliphatic rings. The van der Waals surface area contributed by atoms with Gasteiger partial charge in [-0.1, -0.05) is 12.1 Å². The zero-order valence-electron chi connectivity index (χ0n) is 15.9. The molecule has 0 aromatic heterocycles. The van der Waals surface area contributed by atoms with Gasteiger partial charge < -0.3 is 25.7 Å². The minimum absolute atomic E-state index is 0.0509. The van der Waals surface area contributed by atoms with Gasteiger partial charge in [-0.3, -0.25) is 4.79 Å². The molecule has 8 heteroatoms. The first-order valence-electron chi connectivity index (χ1n) is 9.09. The molecular weight excluding hydrogens is 350 g/mol. The second-order valence-electron chi connectivity index (χ2n) is 6.65. The van der Waals surface area contributed by atoms with Crippen LogP contribution in [0.4, 0.5) is 5.69 Å². The number of amides is 1. The average Bonchev–Trinajstić information content (AvgIpc) is 2.63. The van der Waals surface area contributed by atoms with Crippen LogP contribution in [0.1, 0.15) is 38.7 Å². The summed E-state index contributed by atoms with van der Waals surface area (Å²) >= 11 is 0. The van der Waals surface area contributed by atoms with Gasteiger partial charge in [0.2, 0.25) is 5.91 Å². The zero-order chi connectivity index (χ0) is 20.2. The number of piperidine rings is 1. The summed E-state index contributed by atoms with van der Waals surface area (Å²) in [5, 5.41) is 20.8. The first-order valence-corrected chi connectivity index (χ1v) is 9.09. The number of carboxylic acid groups (broad SMARTS) is 2. The molecule has 2 rings (SSSR count). The average molecular weight is 379 g/mol. The Morgan fingerprint density at radius 1 is 1.00 bits per heavy atom. The number of carboxylic acids is 2. The molecule has 1 aromatic carbocycles. The van der Waals surface area contributed by atoms with Gasteiger partial charge in [0.1, 0.15) is 0 Å². The van der Waals surface area contributed by atoms with Crippen LogP contribution in [0.2, 0.25) is 0 Å². The Kier molecular flexibility index (Phi) is 9.89. The standard InChI is InChI=1S/C17H27N3O.C2H2O4/c1-14(2)19-17(21)13-18-12-15-6-8-16(9-7-15)20-10-4-3-5-11-20;3-1(4)2(5)6/h6-9,14,18H,3-5,10-13H2,1-2H3,(H,19,21);(H,3,4)(H,5,6). The van der Waals surface area contributed by atoms with E-state index in [1.165, 1.54) is 43.6 Å². The lowest BCUT2D eigenvalue weighted by molar-refractivity contribution is -0.159. The molecule has 1 fully saturated rings. The number of anilines is 1. The zero-order valence-corrected chi connectivity index (χ0v) is 15.9. The molecule has 0 spiro atoms. The van der Waals surface area contributed by atoms with Gasteiger partial charge in [-0.25, -0.2) is 9.59 Å². The maximum atomic E-state index is 11.5. The summed E-state index contributed by atoms with van der Waals surface area (Å²) in [6.45, 7) is 7.38. The number of rotatable bonds is 6. The van der Waals surface area contributed by atoms with Gasteiger partial charge in [0.25, 0.3) is 0 Å². The smallest absolute Gasteiger partial charge is 0.414 e. The maximum absolute atomic E-state index is 11.5. The largest absolute Gasteiger partial charge is 0.473 e. The van der Waals surface area contributed by atoms with Crippen molar-refractivity contribution in [2.75, 3.05) is 24.5 Å². The Hall–Kier alpha value is -2.61. The molecule has 27 heavy (non-hydrogen) atoms. The van der Waals surface area contributed by atoms with Gasteiger partial charge in [-0.05, 0) is 50.8 Å². The van der Waals surface area contributed by atoms with Crippen LogP contribution in [0.15, 0.2) is 24.3 Å². The fraction of sp³-hybridized carbons (Fsp3) is 0.526. The molecule has 4 N–H and O–H groups in total. The highest BCUT2D eigenvalue weighted by Gasteiger charge is 2.10. The molecule has 0 atom stereocenters. The minimum atomic E-state index is -1.82. The number of hydrogen-bond donors (Lipinski definition) is 4. The Morgan fingerprint density at radius 2 is 1.56 bits per heavy atom. The third-order valence-electron chi connectivity index (χ3n) is 3.90. The summed E-state index contributed by atoms with van der Waals surface area (Å²) in [6.07, 6.45) is 3.96. The van der Waals surface area contributed by atoms with Gasteiger partial charge in [0.15, 0.2) is 0 Å². The molecule has 0 bridgehead atoms. The quantitative estimate of drug-likeness (QED) is 0.552. The SMILES string of the molecule is CC(C)NC(=O)CNCc1ccc(N2CCCCC2)cc1.O=C(O)C(=O)O. The predicted molar refractivity (Wildman–Crippen MR) is 103 cm³/mol. The van der Waals surface area contributed by atoms with Crippen molar-refractivity contribution in [3.8, 4) is 0 Å². The molecule has 0 unspecified atom stereocenters. The third-order valence-corrected chi connectivity index (χ3v) is 3.90. The van der Waals surface area contributed by atoms with Crippen molar-refractivity contribution in [1.82, 2.24) is 10.6 Å². The fourth-order valence-corrected chi connectivity index (χ4v) is 2.67. The van der Waals surface area contributed by atoms with E-state index in [9.17, 15) is 4.79 Å². The first kappa shape index (κ1) is 22.4. The van der Waals surface area contributed by atoms with Crippen LogP contribution in [0, 0.1) is 0 Å². The lowest BCUT2D eigenvalue weighted by atomic mass is 10.1.